The van der Waals surface area contributed by atoms with Crippen LogP contribution >= 0.6 is 0 Å². The summed E-state index contributed by atoms with van der Waals surface area (Å²) in [5, 5.41) is 9.06. The first kappa shape index (κ1) is 7.61. The molecule has 2 aliphatic carbocycles. The van der Waals surface area contributed by atoms with Crippen molar-refractivity contribution in [1.82, 2.24) is 0 Å². The summed E-state index contributed by atoms with van der Waals surface area (Å²) in [7, 11) is 0. The largest absolute Gasteiger partial charge is 0.197 e. The molecule has 0 unspecified atom stereocenters. The van der Waals surface area contributed by atoms with Crippen molar-refractivity contribution < 1.29 is 0 Å². The second kappa shape index (κ2) is 2.79. The molecule has 0 N–H and O–H groups in total. The smallest absolute Gasteiger partial charge is 0.0819 e. The quantitative estimate of drug-likeness (QED) is 0.577. The van der Waals surface area contributed by atoms with Crippen LogP contribution in [0.2, 0.25) is 0 Å². The summed E-state index contributed by atoms with van der Waals surface area (Å²) in [5.74, 6) is 0. The van der Waals surface area contributed by atoms with E-state index in [1.165, 1.54) is 12.0 Å². The van der Waals surface area contributed by atoms with Crippen LogP contribution in [-0.2, 0) is 0 Å². The van der Waals surface area contributed by atoms with E-state index in [0.717, 1.165) is 25.7 Å². The minimum Gasteiger partial charge on any atom is -0.197 e. The van der Waals surface area contributed by atoms with Crippen LogP contribution < -0.4 is 0 Å². The van der Waals surface area contributed by atoms with Gasteiger partial charge in [0, 0.05) is 0 Å². The summed E-state index contributed by atoms with van der Waals surface area (Å²) in [6.45, 7) is 0. The zero-order chi connectivity index (χ0) is 8.44. The summed E-state index contributed by atoms with van der Waals surface area (Å²) in [5.41, 5.74) is 1.19. The molecule has 0 aromatic rings. The molecule has 0 saturated heterocycles. The Morgan fingerprint density at radius 2 is 2.17 bits per heavy atom. The third-order valence-corrected chi connectivity index (χ3v) is 2.97. The molecule has 0 aromatic carbocycles. The first-order chi connectivity index (χ1) is 5.87. The minimum absolute atomic E-state index is 0.0864. The number of rotatable bonds is 1. The summed E-state index contributed by atoms with van der Waals surface area (Å²) in [6.07, 6.45) is 12.2. The molecule has 1 saturated carbocycles. The Hall–Kier alpha value is -1.03. The lowest BCUT2D eigenvalue weighted by Gasteiger charge is -2.37. The highest BCUT2D eigenvalue weighted by molar-refractivity contribution is 5.37. The zero-order valence-electron chi connectivity index (χ0n) is 7.21. The van der Waals surface area contributed by atoms with Crippen molar-refractivity contribution in [3.8, 4) is 6.07 Å². The second-order valence-corrected chi connectivity index (χ2v) is 3.69. The molecule has 1 nitrogen and oxygen atoms in total. The van der Waals surface area contributed by atoms with E-state index in [-0.39, 0.29) is 5.41 Å². The van der Waals surface area contributed by atoms with Gasteiger partial charge in [0.1, 0.15) is 0 Å². The number of nitrogens with zero attached hydrogens (tertiary/aromatic N) is 1. The molecule has 0 spiro atoms. The van der Waals surface area contributed by atoms with Crippen LogP contribution in [0, 0.1) is 16.7 Å². The Morgan fingerprint density at radius 3 is 2.58 bits per heavy atom. The molecule has 0 radical (unpaired) electrons. The lowest BCUT2D eigenvalue weighted by Crippen LogP contribution is -2.29. The van der Waals surface area contributed by atoms with E-state index in [2.05, 4.69) is 24.3 Å². The van der Waals surface area contributed by atoms with Crippen molar-refractivity contribution in [2.45, 2.75) is 32.1 Å². The van der Waals surface area contributed by atoms with Gasteiger partial charge in [-0.2, -0.15) is 5.26 Å². The maximum atomic E-state index is 9.06. The van der Waals surface area contributed by atoms with Gasteiger partial charge in [-0.05, 0) is 37.7 Å². The van der Waals surface area contributed by atoms with E-state index >= 15 is 0 Å². The normalized spacial score (nSPS) is 25.4. The Labute approximate surface area is 73.4 Å². The summed E-state index contributed by atoms with van der Waals surface area (Å²) < 4.78 is 0. The molecule has 0 heterocycles. The van der Waals surface area contributed by atoms with Crippen molar-refractivity contribution in [3.05, 3.63) is 23.8 Å². The molecule has 0 amide bonds. The van der Waals surface area contributed by atoms with Crippen LogP contribution in [0.15, 0.2) is 23.8 Å². The molecule has 1 fully saturated rings. The Morgan fingerprint density at radius 1 is 1.33 bits per heavy atom. The topological polar surface area (TPSA) is 23.8 Å². The number of allylic oxidation sites excluding steroid dienone is 4. The Kier molecular flexibility index (Phi) is 1.77. The highest BCUT2D eigenvalue weighted by atomic mass is 14.4. The molecular weight excluding hydrogens is 146 g/mol. The number of nitriles is 1. The van der Waals surface area contributed by atoms with Gasteiger partial charge < -0.3 is 0 Å². The maximum Gasteiger partial charge on any atom is 0.0819 e. The van der Waals surface area contributed by atoms with E-state index in [4.69, 9.17) is 5.26 Å². The average Bonchev–Trinajstić information content (AvgIpc) is 2.05. The monoisotopic (exact) mass is 159 g/mol. The number of hydrogen-bond acceptors (Lipinski definition) is 1. The second-order valence-electron chi connectivity index (χ2n) is 3.69. The zero-order valence-corrected chi connectivity index (χ0v) is 7.21. The van der Waals surface area contributed by atoms with Crippen molar-refractivity contribution in [2.24, 2.45) is 5.41 Å². The molecule has 2 aliphatic rings. The molecule has 2 rings (SSSR count). The van der Waals surface area contributed by atoms with Gasteiger partial charge in [0.15, 0.2) is 0 Å². The molecule has 0 atom stereocenters. The van der Waals surface area contributed by atoms with Gasteiger partial charge in [-0.15, -0.1) is 0 Å². The van der Waals surface area contributed by atoms with E-state index in [1.807, 2.05) is 0 Å². The van der Waals surface area contributed by atoms with Gasteiger partial charge in [0.2, 0.25) is 0 Å². The van der Waals surface area contributed by atoms with Crippen LogP contribution in [0.4, 0.5) is 0 Å². The number of hydrogen-bond donors (Lipinski definition) is 0. The van der Waals surface area contributed by atoms with Gasteiger partial charge in [0.05, 0.1) is 11.5 Å². The summed E-state index contributed by atoms with van der Waals surface area (Å²) >= 11 is 0. The highest BCUT2D eigenvalue weighted by Crippen LogP contribution is 2.47. The minimum atomic E-state index is -0.0864. The van der Waals surface area contributed by atoms with E-state index < -0.39 is 0 Å². The third kappa shape index (κ3) is 0.992. The fourth-order valence-electron chi connectivity index (χ4n) is 1.96. The molecule has 0 bridgehead atoms. The van der Waals surface area contributed by atoms with Crippen molar-refractivity contribution >= 4 is 0 Å². The Bertz CT molecular complexity index is 274. The van der Waals surface area contributed by atoms with Crippen molar-refractivity contribution in [1.29, 1.82) is 5.26 Å². The predicted octanol–water partition coefficient (Wildman–Crippen LogP) is 2.96. The molecule has 0 aromatic heterocycles. The predicted molar refractivity (Wildman–Crippen MR) is 48.4 cm³/mol. The molecule has 12 heavy (non-hydrogen) atoms. The highest BCUT2D eigenvalue weighted by Gasteiger charge is 2.39. The van der Waals surface area contributed by atoms with Crippen LogP contribution in [0.1, 0.15) is 32.1 Å². The fourth-order valence-corrected chi connectivity index (χ4v) is 1.96. The van der Waals surface area contributed by atoms with Crippen LogP contribution in [-0.4, -0.2) is 0 Å². The lowest BCUT2D eigenvalue weighted by atomic mass is 9.64. The van der Waals surface area contributed by atoms with Crippen LogP contribution in [0.5, 0.6) is 0 Å². The molecule has 62 valence electrons. The third-order valence-electron chi connectivity index (χ3n) is 2.97. The van der Waals surface area contributed by atoms with Crippen LogP contribution in [0.25, 0.3) is 0 Å². The molecular formula is C11H13N. The van der Waals surface area contributed by atoms with Gasteiger partial charge in [-0.3, -0.25) is 0 Å². The van der Waals surface area contributed by atoms with Gasteiger partial charge >= 0.3 is 0 Å². The first-order valence-corrected chi connectivity index (χ1v) is 4.66. The van der Waals surface area contributed by atoms with Gasteiger partial charge in [0.25, 0.3) is 0 Å². The fraction of sp³-hybridized carbons (Fsp3) is 0.545. The lowest BCUT2D eigenvalue weighted by molar-refractivity contribution is 0.273. The van der Waals surface area contributed by atoms with Crippen molar-refractivity contribution in [2.75, 3.05) is 0 Å². The van der Waals surface area contributed by atoms with Gasteiger partial charge in [-0.1, -0.05) is 18.2 Å². The summed E-state index contributed by atoms with van der Waals surface area (Å²) in [6, 6.07) is 2.47. The SMILES string of the molecule is N#CC1(C2=CCCC=C2)CCC1. The van der Waals surface area contributed by atoms with E-state index in [1.54, 1.807) is 0 Å². The molecule has 1 heteroatoms. The average molecular weight is 159 g/mol. The summed E-state index contributed by atoms with van der Waals surface area (Å²) in [4.78, 5) is 0. The van der Waals surface area contributed by atoms with Gasteiger partial charge in [-0.25, -0.2) is 0 Å². The van der Waals surface area contributed by atoms with E-state index in [0.29, 0.717) is 0 Å². The first-order valence-electron chi connectivity index (χ1n) is 4.66. The molecule has 0 aliphatic heterocycles. The Balaban J connectivity index is 2.23. The standard InChI is InChI=1S/C11H13N/c12-9-11(7-4-8-11)10-5-2-1-3-6-10/h2,5-6H,1,3-4,7-8H2. The van der Waals surface area contributed by atoms with E-state index in [9.17, 15) is 0 Å². The maximum absolute atomic E-state index is 9.06. The van der Waals surface area contributed by atoms with Crippen LogP contribution in [0.3, 0.4) is 0 Å². The van der Waals surface area contributed by atoms with Crippen molar-refractivity contribution in [3.63, 3.8) is 0 Å².